The van der Waals surface area contributed by atoms with E-state index >= 15 is 0 Å². The van der Waals surface area contributed by atoms with Gasteiger partial charge in [0.15, 0.2) is 11.5 Å². The summed E-state index contributed by atoms with van der Waals surface area (Å²) < 4.78 is 7.23. The molecule has 1 aromatic carbocycles. The highest BCUT2D eigenvalue weighted by atomic mass is 16.5. The van der Waals surface area contributed by atoms with Crippen LogP contribution in [0.1, 0.15) is 38.4 Å². The van der Waals surface area contributed by atoms with Crippen LogP contribution in [-0.2, 0) is 11.2 Å². The first-order chi connectivity index (χ1) is 13.5. The van der Waals surface area contributed by atoms with Gasteiger partial charge in [-0.25, -0.2) is 9.50 Å². The number of carbonyl (C=O) groups excluding carboxylic acids is 1. The second-order valence-electron chi connectivity index (χ2n) is 7.30. The molecule has 3 heterocycles. The zero-order valence-electron chi connectivity index (χ0n) is 16.5. The fraction of sp³-hybridized carbons (Fsp3) is 0.381. The van der Waals surface area contributed by atoms with Gasteiger partial charge in [-0.2, -0.15) is 0 Å². The number of aryl methyl sites for hydroxylation is 2. The van der Waals surface area contributed by atoms with Crippen molar-refractivity contribution in [2.24, 2.45) is 5.73 Å². The van der Waals surface area contributed by atoms with Gasteiger partial charge in [0, 0.05) is 19.5 Å². The van der Waals surface area contributed by atoms with Crippen molar-refractivity contribution in [3.8, 4) is 0 Å². The summed E-state index contributed by atoms with van der Waals surface area (Å²) in [5, 5.41) is 4.83. The molecule has 0 saturated carbocycles. The maximum absolute atomic E-state index is 12.1. The van der Waals surface area contributed by atoms with Gasteiger partial charge < -0.3 is 15.4 Å². The van der Waals surface area contributed by atoms with Crippen LogP contribution < -0.4 is 10.6 Å². The number of hydrogen-bond donors (Lipinski definition) is 1. The Hall–Kier alpha value is -2.93. The van der Waals surface area contributed by atoms with E-state index in [1.54, 1.807) is 10.6 Å². The average Bonchev–Trinajstić information content (AvgIpc) is 3.00. The fourth-order valence-corrected chi connectivity index (χ4v) is 3.67. The fourth-order valence-electron chi connectivity index (χ4n) is 3.67. The van der Waals surface area contributed by atoms with Crippen molar-refractivity contribution in [2.45, 2.75) is 27.2 Å². The monoisotopic (exact) mass is 379 g/mol. The molecule has 28 heavy (non-hydrogen) atoms. The van der Waals surface area contributed by atoms with E-state index < -0.39 is 5.91 Å². The number of rotatable bonds is 4. The molecule has 0 radical (unpaired) electrons. The molecule has 1 fully saturated rings. The second-order valence-corrected chi connectivity index (χ2v) is 7.30. The third-order valence-corrected chi connectivity index (χ3v) is 5.54. The summed E-state index contributed by atoms with van der Waals surface area (Å²) in [7, 11) is 0. The molecule has 0 bridgehead atoms. The van der Waals surface area contributed by atoms with Crippen molar-refractivity contribution in [3.05, 3.63) is 57.9 Å². The molecule has 2 aromatic heterocycles. The van der Waals surface area contributed by atoms with Crippen LogP contribution in [0.15, 0.2) is 24.3 Å². The van der Waals surface area contributed by atoms with Crippen LogP contribution in [0.2, 0.25) is 0 Å². The number of nitrogens with two attached hydrogens (primary N) is 1. The summed E-state index contributed by atoms with van der Waals surface area (Å²) in [6.07, 6.45) is 0.693. The summed E-state index contributed by atoms with van der Waals surface area (Å²) in [5.74, 6) is 0.231. The molecule has 7 heteroatoms. The van der Waals surface area contributed by atoms with Gasteiger partial charge in [-0.05, 0) is 43.5 Å². The number of anilines is 1. The van der Waals surface area contributed by atoms with E-state index in [2.05, 4.69) is 41.9 Å². The number of hydrogen-bond acceptors (Lipinski definition) is 5. The highest BCUT2D eigenvalue weighted by molar-refractivity contribution is 5.99. The van der Waals surface area contributed by atoms with E-state index in [9.17, 15) is 4.79 Å². The first kappa shape index (κ1) is 18.4. The minimum absolute atomic E-state index is 0.395. The Kier molecular flexibility index (Phi) is 4.77. The zero-order valence-corrected chi connectivity index (χ0v) is 16.5. The number of primary amides is 1. The minimum atomic E-state index is -0.495. The predicted molar refractivity (Wildman–Crippen MR) is 108 cm³/mol. The van der Waals surface area contributed by atoms with E-state index in [0.29, 0.717) is 30.8 Å². The molecule has 0 unspecified atom stereocenters. The Balaban J connectivity index is 1.86. The number of amides is 1. The Bertz CT molecular complexity index is 1050. The third-order valence-electron chi connectivity index (χ3n) is 5.54. The Labute approximate surface area is 164 Å². The average molecular weight is 379 g/mol. The van der Waals surface area contributed by atoms with Crippen LogP contribution in [-0.4, -0.2) is 46.8 Å². The Morgan fingerprint density at radius 2 is 1.96 bits per heavy atom. The molecular formula is C21H25N5O2. The van der Waals surface area contributed by atoms with E-state index in [0.717, 1.165) is 30.3 Å². The van der Waals surface area contributed by atoms with Crippen LogP contribution in [0.5, 0.6) is 0 Å². The van der Waals surface area contributed by atoms with Gasteiger partial charge in [-0.3, -0.25) is 4.79 Å². The number of morpholine rings is 1. The highest BCUT2D eigenvalue weighted by Crippen LogP contribution is 2.24. The quantitative estimate of drug-likeness (QED) is 0.751. The van der Waals surface area contributed by atoms with Crippen LogP contribution in [0.25, 0.3) is 5.65 Å². The molecule has 2 N–H and O–H groups in total. The maximum Gasteiger partial charge on any atom is 0.252 e. The molecule has 0 atom stereocenters. The smallest absolute Gasteiger partial charge is 0.252 e. The summed E-state index contributed by atoms with van der Waals surface area (Å²) in [6.45, 7) is 8.94. The summed E-state index contributed by atoms with van der Waals surface area (Å²) in [4.78, 5) is 18.9. The normalized spacial score (nSPS) is 14.6. The van der Waals surface area contributed by atoms with Crippen molar-refractivity contribution in [1.82, 2.24) is 14.6 Å². The number of aromatic nitrogens is 3. The van der Waals surface area contributed by atoms with E-state index in [4.69, 9.17) is 15.6 Å². The molecule has 3 aromatic rings. The molecular weight excluding hydrogens is 354 g/mol. The van der Waals surface area contributed by atoms with Gasteiger partial charge in [0.05, 0.1) is 30.2 Å². The predicted octanol–water partition coefficient (Wildman–Crippen LogP) is 2.18. The Morgan fingerprint density at radius 3 is 2.68 bits per heavy atom. The first-order valence-electron chi connectivity index (χ1n) is 9.52. The molecule has 1 aliphatic heterocycles. The molecule has 1 amide bonds. The number of nitrogens with zero attached hydrogens (tertiary/aromatic N) is 4. The summed E-state index contributed by atoms with van der Waals surface area (Å²) in [6, 6.07) is 8.05. The van der Waals surface area contributed by atoms with Crippen LogP contribution in [0, 0.1) is 20.8 Å². The van der Waals surface area contributed by atoms with Crippen molar-refractivity contribution in [2.75, 3.05) is 31.2 Å². The highest BCUT2D eigenvalue weighted by Gasteiger charge is 2.21. The number of ether oxygens (including phenoxy) is 1. The summed E-state index contributed by atoms with van der Waals surface area (Å²) >= 11 is 0. The van der Waals surface area contributed by atoms with Gasteiger partial charge in [-0.15, -0.1) is 5.10 Å². The number of fused-ring (bicyclic) bond motifs is 1. The molecule has 1 saturated heterocycles. The lowest BCUT2D eigenvalue weighted by Crippen LogP contribution is -2.37. The topological polar surface area (TPSA) is 85.8 Å². The summed E-state index contributed by atoms with van der Waals surface area (Å²) in [5.41, 5.74) is 12.2. The van der Waals surface area contributed by atoms with Gasteiger partial charge in [-0.1, -0.05) is 18.2 Å². The van der Waals surface area contributed by atoms with Crippen LogP contribution in [0.3, 0.4) is 0 Å². The first-order valence-corrected chi connectivity index (χ1v) is 9.52. The van der Waals surface area contributed by atoms with E-state index in [1.165, 1.54) is 16.7 Å². The molecule has 0 spiro atoms. The lowest BCUT2D eigenvalue weighted by atomic mass is 9.99. The van der Waals surface area contributed by atoms with Crippen molar-refractivity contribution < 1.29 is 9.53 Å². The SMILES string of the molecule is Cc1cccc(Cc2c(C)nc3c(C(N)=O)cc(N4CCOCC4)nn23)c1C. The molecule has 7 nitrogen and oxygen atoms in total. The number of benzene rings is 1. The minimum Gasteiger partial charge on any atom is -0.378 e. The van der Waals surface area contributed by atoms with E-state index in [-0.39, 0.29) is 0 Å². The third kappa shape index (κ3) is 3.22. The lowest BCUT2D eigenvalue weighted by Gasteiger charge is -2.28. The lowest BCUT2D eigenvalue weighted by molar-refractivity contribution is 0.100. The van der Waals surface area contributed by atoms with Crippen LogP contribution in [0.4, 0.5) is 5.82 Å². The second kappa shape index (κ2) is 7.24. The molecule has 0 aliphatic carbocycles. The number of imidazole rings is 1. The zero-order chi connectivity index (χ0) is 19.8. The largest absolute Gasteiger partial charge is 0.378 e. The van der Waals surface area contributed by atoms with Crippen molar-refractivity contribution in [3.63, 3.8) is 0 Å². The van der Waals surface area contributed by atoms with E-state index in [1.807, 2.05) is 6.92 Å². The standard InChI is InChI=1S/C21H25N5O2/c1-13-5-4-6-16(14(13)2)11-18-15(3)23-21-17(20(22)27)12-19(24-26(18)21)25-7-9-28-10-8-25/h4-6,12H,7-11H2,1-3H3,(H2,22,27). The Morgan fingerprint density at radius 1 is 1.21 bits per heavy atom. The van der Waals surface area contributed by atoms with Gasteiger partial charge in [0.2, 0.25) is 0 Å². The van der Waals surface area contributed by atoms with Gasteiger partial charge in [0.1, 0.15) is 0 Å². The molecule has 4 rings (SSSR count). The van der Waals surface area contributed by atoms with Crippen molar-refractivity contribution in [1.29, 1.82) is 0 Å². The number of carbonyl (C=O) groups is 1. The van der Waals surface area contributed by atoms with Crippen LogP contribution >= 0.6 is 0 Å². The van der Waals surface area contributed by atoms with Gasteiger partial charge >= 0.3 is 0 Å². The van der Waals surface area contributed by atoms with Gasteiger partial charge in [0.25, 0.3) is 5.91 Å². The van der Waals surface area contributed by atoms with Crippen molar-refractivity contribution >= 4 is 17.4 Å². The molecule has 1 aliphatic rings. The molecule has 146 valence electrons. The maximum atomic E-state index is 12.1.